The van der Waals surface area contributed by atoms with Crippen molar-refractivity contribution in [1.82, 2.24) is 4.90 Å². The van der Waals surface area contributed by atoms with Gasteiger partial charge in [0.2, 0.25) is 5.91 Å². The fourth-order valence-corrected chi connectivity index (χ4v) is 1.90. The second-order valence-corrected chi connectivity index (χ2v) is 5.05. The third-order valence-electron chi connectivity index (χ3n) is 2.58. The van der Waals surface area contributed by atoms with Crippen LogP contribution in [0.15, 0.2) is 43.0 Å². The summed E-state index contributed by atoms with van der Waals surface area (Å²) in [6.07, 6.45) is 3.73. The van der Waals surface area contributed by atoms with E-state index in [2.05, 4.69) is 6.58 Å². The van der Waals surface area contributed by atoms with Gasteiger partial charge in [-0.1, -0.05) is 36.4 Å². The Kier molecular flexibility index (Phi) is 5.84. The summed E-state index contributed by atoms with van der Waals surface area (Å²) in [4.78, 5) is 14.0. The number of carbonyl (C=O) groups is 1. The average molecular weight is 249 g/mol. The molecule has 1 rings (SSSR count). The van der Waals surface area contributed by atoms with Gasteiger partial charge < -0.3 is 4.90 Å². The van der Waals surface area contributed by atoms with Gasteiger partial charge in [0, 0.05) is 13.1 Å². The summed E-state index contributed by atoms with van der Waals surface area (Å²) < 4.78 is 0. The highest BCUT2D eigenvalue weighted by atomic mass is 32.2. The number of nitrogens with zero attached hydrogens (tertiary/aromatic N) is 1. The lowest BCUT2D eigenvalue weighted by Gasteiger charge is -2.24. The van der Waals surface area contributed by atoms with E-state index in [9.17, 15) is 4.79 Å². The van der Waals surface area contributed by atoms with Gasteiger partial charge in [-0.05, 0) is 18.7 Å². The summed E-state index contributed by atoms with van der Waals surface area (Å²) >= 11 is 1.57. The summed E-state index contributed by atoms with van der Waals surface area (Å²) in [6.45, 7) is 6.89. The van der Waals surface area contributed by atoms with E-state index >= 15 is 0 Å². The molecule has 0 spiro atoms. The molecule has 1 amide bonds. The van der Waals surface area contributed by atoms with Crippen LogP contribution in [0.3, 0.4) is 0 Å². The van der Waals surface area contributed by atoms with Crippen molar-refractivity contribution in [2.45, 2.75) is 18.7 Å². The lowest BCUT2D eigenvalue weighted by Crippen LogP contribution is -2.36. The largest absolute Gasteiger partial charge is 0.334 e. The molecule has 0 radical (unpaired) electrons. The molecule has 1 atom stereocenters. The Morgan fingerprint density at radius 2 is 2.12 bits per heavy atom. The van der Waals surface area contributed by atoms with Crippen molar-refractivity contribution in [2.24, 2.45) is 0 Å². The fraction of sp³-hybridized carbons (Fsp3) is 0.357. The van der Waals surface area contributed by atoms with Crippen molar-refractivity contribution in [1.29, 1.82) is 0 Å². The van der Waals surface area contributed by atoms with Crippen LogP contribution in [0.4, 0.5) is 0 Å². The smallest absolute Gasteiger partial charge is 0.235 e. The minimum absolute atomic E-state index is 0.00124. The SMILES string of the molecule is C=CCN(Cc1ccccc1)C(=O)[C@H](C)SC. The molecule has 0 aliphatic rings. The Bertz CT molecular complexity index is 364. The number of carbonyl (C=O) groups excluding carboxylic acids is 1. The lowest BCUT2D eigenvalue weighted by molar-refractivity contribution is -0.130. The molecule has 0 aliphatic carbocycles. The Hall–Kier alpha value is -1.22. The van der Waals surface area contributed by atoms with Crippen molar-refractivity contribution in [3.8, 4) is 0 Å². The predicted molar refractivity (Wildman–Crippen MR) is 75.0 cm³/mol. The second kappa shape index (κ2) is 7.17. The number of hydrogen-bond donors (Lipinski definition) is 0. The van der Waals surface area contributed by atoms with Crippen molar-refractivity contribution in [3.63, 3.8) is 0 Å². The van der Waals surface area contributed by atoms with Gasteiger partial charge in [0.05, 0.1) is 5.25 Å². The molecule has 92 valence electrons. The van der Waals surface area contributed by atoms with Crippen LogP contribution in [0.2, 0.25) is 0 Å². The Morgan fingerprint density at radius 1 is 1.47 bits per heavy atom. The minimum Gasteiger partial charge on any atom is -0.334 e. The maximum absolute atomic E-state index is 12.1. The number of rotatable bonds is 6. The van der Waals surface area contributed by atoms with Gasteiger partial charge >= 0.3 is 0 Å². The first-order chi connectivity index (χ1) is 8.19. The second-order valence-electron chi connectivity index (χ2n) is 3.87. The molecule has 0 unspecified atom stereocenters. The molecule has 0 saturated heterocycles. The fourth-order valence-electron chi connectivity index (χ4n) is 1.55. The van der Waals surface area contributed by atoms with E-state index in [0.717, 1.165) is 5.56 Å². The van der Waals surface area contributed by atoms with E-state index in [0.29, 0.717) is 13.1 Å². The van der Waals surface area contributed by atoms with Crippen LogP contribution in [0.5, 0.6) is 0 Å². The van der Waals surface area contributed by atoms with Gasteiger partial charge in [0.1, 0.15) is 0 Å². The monoisotopic (exact) mass is 249 g/mol. The van der Waals surface area contributed by atoms with Crippen LogP contribution < -0.4 is 0 Å². The zero-order chi connectivity index (χ0) is 12.7. The summed E-state index contributed by atoms with van der Waals surface area (Å²) in [5.74, 6) is 0.168. The van der Waals surface area contributed by atoms with E-state index < -0.39 is 0 Å². The van der Waals surface area contributed by atoms with Crippen molar-refractivity contribution < 1.29 is 4.79 Å². The number of thioether (sulfide) groups is 1. The van der Waals surface area contributed by atoms with Crippen LogP contribution in [0.1, 0.15) is 12.5 Å². The molecule has 0 N–H and O–H groups in total. The van der Waals surface area contributed by atoms with Crippen LogP contribution in [0.25, 0.3) is 0 Å². The molecule has 2 nitrogen and oxygen atoms in total. The van der Waals surface area contributed by atoms with Gasteiger partial charge in [0.15, 0.2) is 0 Å². The average Bonchev–Trinajstić information content (AvgIpc) is 2.37. The highest BCUT2D eigenvalue weighted by Gasteiger charge is 2.18. The van der Waals surface area contributed by atoms with Crippen molar-refractivity contribution in [3.05, 3.63) is 48.6 Å². The lowest BCUT2D eigenvalue weighted by atomic mass is 10.2. The molecule has 0 aromatic heterocycles. The number of amides is 1. The molecule has 0 saturated carbocycles. The quantitative estimate of drug-likeness (QED) is 0.722. The van der Waals surface area contributed by atoms with E-state index in [1.165, 1.54) is 0 Å². The molecular formula is C14H19NOS. The third kappa shape index (κ3) is 4.27. The van der Waals surface area contributed by atoms with Crippen LogP contribution >= 0.6 is 11.8 Å². The van der Waals surface area contributed by atoms with Crippen LogP contribution in [0, 0.1) is 0 Å². The molecule has 17 heavy (non-hydrogen) atoms. The molecule has 3 heteroatoms. The van der Waals surface area contributed by atoms with E-state index in [1.54, 1.807) is 17.8 Å². The first kappa shape index (κ1) is 13.8. The molecule has 0 aliphatic heterocycles. The first-order valence-electron chi connectivity index (χ1n) is 5.65. The van der Waals surface area contributed by atoms with Gasteiger partial charge in [0.25, 0.3) is 0 Å². The summed E-state index contributed by atoms with van der Waals surface area (Å²) in [5.41, 5.74) is 1.15. The molecular weight excluding hydrogens is 230 g/mol. The summed E-state index contributed by atoms with van der Waals surface area (Å²) in [6, 6.07) is 10.0. The normalized spacial score (nSPS) is 11.9. The Morgan fingerprint density at radius 3 is 2.65 bits per heavy atom. The van der Waals surface area contributed by atoms with Gasteiger partial charge in [-0.3, -0.25) is 4.79 Å². The maximum Gasteiger partial charge on any atom is 0.235 e. The Labute approximate surface area is 108 Å². The summed E-state index contributed by atoms with van der Waals surface area (Å²) in [7, 11) is 0. The standard InChI is InChI=1S/C14H19NOS/c1-4-10-15(14(16)12(2)17-3)11-13-8-6-5-7-9-13/h4-9,12H,1,10-11H2,2-3H3/t12-/m0/s1. The van der Waals surface area contributed by atoms with Gasteiger partial charge in [-0.25, -0.2) is 0 Å². The Balaban J connectivity index is 2.72. The predicted octanol–water partition coefficient (Wildman–Crippen LogP) is 2.95. The first-order valence-corrected chi connectivity index (χ1v) is 6.94. The highest BCUT2D eigenvalue weighted by Crippen LogP contribution is 2.12. The van der Waals surface area contributed by atoms with Gasteiger partial charge in [-0.15, -0.1) is 6.58 Å². The highest BCUT2D eigenvalue weighted by molar-refractivity contribution is 7.99. The zero-order valence-corrected chi connectivity index (χ0v) is 11.2. The molecule has 0 bridgehead atoms. The molecule has 0 fully saturated rings. The molecule has 0 heterocycles. The molecule has 1 aromatic carbocycles. The number of hydrogen-bond acceptors (Lipinski definition) is 2. The van der Waals surface area contributed by atoms with Gasteiger partial charge in [-0.2, -0.15) is 11.8 Å². The minimum atomic E-state index is -0.00124. The zero-order valence-electron chi connectivity index (χ0n) is 10.4. The van der Waals surface area contributed by atoms with Crippen LogP contribution in [-0.2, 0) is 11.3 Å². The van der Waals surface area contributed by atoms with E-state index in [1.807, 2.05) is 48.4 Å². The molecule has 1 aromatic rings. The maximum atomic E-state index is 12.1. The van der Waals surface area contributed by atoms with Crippen LogP contribution in [-0.4, -0.2) is 28.9 Å². The van der Waals surface area contributed by atoms with E-state index in [-0.39, 0.29) is 11.2 Å². The number of benzene rings is 1. The van der Waals surface area contributed by atoms with Crippen molar-refractivity contribution in [2.75, 3.05) is 12.8 Å². The summed E-state index contributed by atoms with van der Waals surface area (Å²) in [5, 5.41) is -0.00124. The van der Waals surface area contributed by atoms with Crippen molar-refractivity contribution >= 4 is 17.7 Å². The topological polar surface area (TPSA) is 20.3 Å². The van der Waals surface area contributed by atoms with E-state index in [4.69, 9.17) is 0 Å². The third-order valence-corrected chi connectivity index (χ3v) is 3.49.